The van der Waals surface area contributed by atoms with E-state index >= 15 is 0 Å². The third-order valence-electron chi connectivity index (χ3n) is 1.62. The Morgan fingerprint density at radius 3 is 2.85 bits per heavy atom. The highest BCUT2D eigenvalue weighted by Crippen LogP contribution is 2.17. The van der Waals surface area contributed by atoms with Gasteiger partial charge in [0.25, 0.3) is 0 Å². The Balaban J connectivity index is 2.83. The quantitative estimate of drug-likeness (QED) is 0.502. The van der Waals surface area contributed by atoms with Crippen LogP contribution in [0, 0.1) is 0 Å². The summed E-state index contributed by atoms with van der Waals surface area (Å²) in [4.78, 5) is 10.2. The van der Waals surface area contributed by atoms with Gasteiger partial charge in [-0.05, 0) is 11.6 Å². The van der Waals surface area contributed by atoms with Gasteiger partial charge in [0, 0.05) is 12.1 Å². The van der Waals surface area contributed by atoms with Crippen LogP contribution in [0.3, 0.4) is 0 Å². The van der Waals surface area contributed by atoms with Crippen LogP contribution in [0.5, 0.6) is 0 Å². The van der Waals surface area contributed by atoms with Gasteiger partial charge in [0.2, 0.25) is 6.41 Å². The maximum absolute atomic E-state index is 10.2. The van der Waals surface area contributed by atoms with Crippen LogP contribution in [0.1, 0.15) is 5.56 Å². The number of anilines is 1. The third-order valence-corrected chi connectivity index (χ3v) is 2.06. The zero-order valence-corrected chi connectivity index (χ0v) is 9.06. The van der Waals surface area contributed by atoms with Crippen molar-refractivity contribution in [3.05, 3.63) is 29.8 Å². The van der Waals surface area contributed by atoms with Crippen LogP contribution in [-0.2, 0) is 11.2 Å². The third kappa shape index (κ3) is 3.31. The smallest absolute Gasteiger partial charge is 0.211 e. The first-order chi connectivity index (χ1) is 6.24. The number of hydrogen-bond acceptors (Lipinski definition) is 2. The molecule has 0 radical (unpaired) electrons. The highest BCUT2D eigenvalue weighted by Gasteiger charge is 2.04. The number of halogens is 1. The largest absolute Gasteiger partial charge is 0.382 e. The predicted molar refractivity (Wildman–Crippen MR) is 59.9 cm³/mol. The summed E-state index contributed by atoms with van der Waals surface area (Å²) in [6.45, 7) is 0. The number of rotatable bonds is 4. The van der Waals surface area contributed by atoms with Gasteiger partial charge in [-0.1, -0.05) is 40.8 Å². The molecule has 70 valence electrons. The average Bonchev–Trinajstić information content (AvgIpc) is 2.08. The molecular weight excluding hydrogens is 281 g/mol. The van der Waals surface area contributed by atoms with Crippen molar-refractivity contribution in [3.8, 4) is 0 Å². The number of nitrogens with one attached hydrogen (secondary N) is 1. The van der Waals surface area contributed by atoms with Gasteiger partial charge in [-0.15, -0.1) is 0 Å². The highest BCUT2D eigenvalue weighted by molar-refractivity contribution is 14.1. The van der Waals surface area contributed by atoms with E-state index in [2.05, 4.69) is 5.32 Å². The monoisotopic (exact) mass is 291 g/mol. The molecule has 2 N–H and O–H groups in total. The molecule has 0 saturated carbocycles. The summed E-state index contributed by atoms with van der Waals surface area (Å²) < 4.78 is -0.424. The Labute approximate surface area is 90.3 Å². The number of carbonyl (C=O) groups is 1. The standard InChI is InChI=1S/C9H10INO2/c10-9(13)5-7-3-1-2-4-8(7)11-6-12/h1-4,6,9,13H,5H2,(H,11,12). The number of alkyl halides is 1. The van der Waals surface area contributed by atoms with Gasteiger partial charge in [-0.3, -0.25) is 4.79 Å². The van der Waals surface area contributed by atoms with Gasteiger partial charge < -0.3 is 10.4 Å². The maximum atomic E-state index is 10.2. The molecular formula is C9H10INO2. The highest BCUT2D eigenvalue weighted by atomic mass is 127. The van der Waals surface area contributed by atoms with Crippen molar-refractivity contribution in [1.82, 2.24) is 0 Å². The van der Waals surface area contributed by atoms with E-state index in [1.807, 2.05) is 46.9 Å². The summed E-state index contributed by atoms with van der Waals surface area (Å²) in [5.41, 5.74) is 1.70. The number of benzene rings is 1. The van der Waals surface area contributed by atoms with Gasteiger partial charge in [0.1, 0.15) is 4.11 Å². The Bertz CT molecular complexity index is 289. The fourth-order valence-electron chi connectivity index (χ4n) is 1.08. The predicted octanol–water partition coefficient (Wildman–Crippen LogP) is 1.55. The molecule has 13 heavy (non-hydrogen) atoms. The van der Waals surface area contributed by atoms with E-state index in [9.17, 15) is 4.79 Å². The van der Waals surface area contributed by atoms with Crippen LogP contribution in [0.2, 0.25) is 0 Å². The Morgan fingerprint density at radius 2 is 2.23 bits per heavy atom. The second-order valence-corrected chi connectivity index (χ2v) is 4.00. The summed E-state index contributed by atoms with van der Waals surface area (Å²) >= 11 is 1.93. The Hall–Kier alpha value is -0.620. The maximum Gasteiger partial charge on any atom is 0.211 e. The zero-order valence-electron chi connectivity index (χ0n) is 6.90. The van der Waals surface area contributed by atoms with E-state index in [0.29, 0.717) is 12.8 Å². The van der Waals surface area contributed by atoms with Gasteiger partial charge in [0.05, 0.1) is 0 Å². The Kier molecular flexibility index (Phi) is 4.17. The van der Waals surface area contributed by atoms with E-state index in [1.165, 1.54) is 0 Å². The van der Waals surface area contributed by atoms with E-state index < -0.39 is 4.11 Å². The molecule has 1 atom stereocenters. The minimum Gasteiger partial charge on any atom is -0.382 e. The van der Waals surface area contributed by atoms with Gasteiger partial charge in [-0.25, -0.2) is 0 Å². The van der Waals surface area contributed by atoms with E-state index in [-0.39, 0.29) is 0 Å². The van der Waals surface area contributed by atoms with E-state index in [4.69, 9.17) is 5.11 Å². The lowest BCUT2D eigenvalue weighted by molar-refractivity contribution is -0.105. The van der Waals surface area contributed by atoms with Crippen molar-refractivity contribution in [2.75, 3.05) is 5.32 Å². The molecule has 0 spiro atoms. The summed E-state index contributed by atoms with van der Waals surface area (Å²) in [7, 11) is 0. The summed E-state index contributed by atoms with van der Waals surface area (Å²) in [6.07, 6.45) is 1.18. The molecule has 0 saturated heterocycles. The van der Waals surface area contributed by atoms with Crippen molar-refractivity contribution in [2.24, 2.45) is 0 Å². The zero-order chi connectivity index (χ0) is 9.68. The second kappa shape index (κ2) is 5.18. The molecule has 0 aliphatic rings. The molecule has 0 bridgehead atoms. The van der Waals surface area contributed by atoms with Gasteiger partial charge >= 0.3 is 0 Å². The average molecular weight is 291 g/mol. The molecule has 4 heteroatoms. The molecule has 0 heterocycles. The van der Waals surface area contributed by atoms with Crippen molar-refractivity contribution >= 4 is 34.7 Å². The van der Waals surface area contributed by atoms with Crippen molar-refractivity contribution in [2.45, 2.75) is 10.5 Å². The molecule has 1 unspecified atom stereocenters. The molecule has 1 aromatic carbocycles. The molecule has 0 fully saturated rings. The van der Waals surface area contributed by atoms with Crippen molar-refractivity contribution in [3.63, 3.8) is 0 Å². The number of amides is 1. The van der Waals surface area contributed by atoms with Crippen molar-refractivity contribution in [1.29, 1.82) is 0 Å². The molecule has 0 aliphatic carbocycles. The number of aliphatic hydroxyl groups is 1. The fourth-order valence-corrected chi connectivity index (χ4v) is 1.56. The lowest BCUT2D eigenvalue weighted by Crippen LogP contribution is -2.04. The van der Waals surface area contributed by atoms with Crippen LogP contribution in [0.15, 0.2) is 24.3 Å². The molecule has 1 rings (SSSR count). The van der Waals surface area contributed by atoms with Crippen LogP contribution < -0.4 is 5.32 Å². The fraction of sp³-hybridized carbons (Fsp3) is 0.222. The topological polar surface area (TPSA) is 49.3 Å². The molecule has 1 amide bonds. The SMILES string of the molecule is O=CNc1ccccc1CC(O)I. The van der Waals surface area contributed by atoms with Crippen LogP contribution in [0.4, 0.5) is 5.69 Å². The van der Waals surface area contributed by atoms with E-state index in [1.54, 1.807) is 0 Å². The van der Waals surface area contributed by atoms with E-state index in [0.717, 1.165) is 11.3 Å². The number of carbonyl (C=O) groups excluding carboxylic acids is 1. The number of aliphatic hydroxyl groups excluding tert-OH is 1. The minimum atomic E-state index is -0.424. The van der Waals surface area contributed by atoms with Crippen molar-refractivity contribution < 1.29 is 9.90 Å². The first-order valence-electron chi connectivity index (χ1n) is 3.84. The molecule has 1 aromatic rings. The minimum absolute atomic E-state index is 0.424. The van der Waals surface area contributed by atoms with Crippen LogP contribution >= 0.6 is 22.6 Å². The lowest BCUT2D eigenvalue weighted by Gasteiger charge is -2.08. The lowest BCUT2D eigenvalue weighted by atomic mass is 10.1. The van der Waals surface area contributed by atoms with Crippen LogP contribution in [-0.4, -0.2) is 15.6 Å². The summed E-state index contributed by atoms with van der Waals surface area (Å²) in [5, 5.41) is 11.8. The normalized spacial score (nSPS) is 12.2. The number of para-hydroxylation sites is 1. The first kappa shape index (κ1) is 10.5. The Morgan fingerprint density at radius 1 is 1.54 bits per heavy atom. The summed E-state index contributed by atoms with van der Waals surface area (Å²) in [6, 6.07) is 7.41. The first-order valence-corrected chi connectivity index (χ1v) is 5.09. The molecule has 3 nitrogen and oxygen atoms in total. The summed E-state index contributed by atoms with van der Waals surface area (Å²) in [5.74, 6) is 0. The molecule has 0 aromatic heterocycles. The number of hydrogen-bond donors (Lipinski definition) is 2. The van der Waals surface area contributed by atoms with Gasteiger partial charge in [0.15, 0.2) is 0 Å². The van der Waals surface area contributed by atoms with Gasteiger partial charge in [-0.2, -0.15) is 0 Å². The molecule has 0 aliphatic heterocycles. The van der Waals surface area contributed by atoms with Crippen LogP contribution in [0.25, 0.3) is 0 Å². The second-order valence-electron chi connectivity index (χ2n) is 2.56.